The summed E-state index contributed by atoms with van der Waals surface area (Å²) in [6.07, 6.45) is 8.71. The summed E-state index contributed by atoms with van der Waals surface area (Å²) >= 11 is 0. The molecule has 0 spiro atoms. The maximum Gasteiger partial charge on any atom is 0.325 e. The Hall–Kier alpha value is -3.16. The van der Waals surface area contributed by atoms with Gasteiger partial charge in [0.1, 0.15) is 6.54 Å². The lowest BCUT2D eigenvalue weighted by Crippen LogP contribution is -2.63. The van der Waals surface area contributed by atoms with Crippen molar-refractivity contribution in [3.63, 3.8) is 0 Å². The summed E-state index contributed by atoms with van der Waals surface area (Å²) in [6.45, 7) is 5.11. The number of fused-ring (bicyclic) bond motifs is 7. The molecule has 4 aliphatic carbocycles. The largest absolute Gasteiger partial charge is 0.456 e. The number of aliphatic hydroxyl groups is 1. The van der Waals surface area contributed by atoms with Crippen LogP contribution >= 0.6 is 0 Å². The summed E-state index contributed by atoms with van der Waals surface area (Å²) in [5.41, 5.74) is -1.59. The number of aliphatic hydroxyl groups excluding tert-OH is 1. The predicted octanol–water partition coefficient (Wildman–Crippen LogP) is 3.15. The van der Waals surface area contributed by atoms with E-state index >= 15 is 0 Å². The number of carbonyl (C=O) groups is 4. The van der Waals surface area contributed by atoms with Crippen LogP contribution < -0.4 is 5.32 Å². The number of hydrogen-bond acceptors (Lipinski definition) is 11. The number of ether oxygens (including phenoxy) is 3. The van der Waals surface area contributed by atoms with Gasteiger partial charge in [0, 0.05) is 23.2 Å². The van der Waals surface area contributed by atoms with Crippen molar-refractivity contribution in [3.05, 3.63) is 33.9 Å². The van der Waals surface area contributed by atoms with Crippen molar-refractivity contribution >= 4 is 23.4 Å². The number of nitrogens with one attached hydrogen (secondary N) is 1. The third kappa shape index (κ3) is 6.13. The molecule has 0 aromatic carbocycles. The van der Waals surface area contributed by atoms with Crippen LogP contribution in [0.4, 0.5) is 0 Å². The second-order valence-electron chi connectivity index (χ2n) is 13.9. The highest BCUT2D eigenvalue weighted by Crippen LogP contribution is 2.69. The molecule has 1 heterocycles. The Morgan fingerprint density at radius 3 is 2.74 bits per heavy atom. The van der Waals surface area contributed by atoms with Crippen molar-refractivity contribution in [1.29, 1.82) is 0 Å². The SMILES string of the molecule is CCCC1O[C@@H]2C[C@H]3[C@@H]4CCC5=CC(=O)C=C[C@]5(C)[C@H]4[C@@H](O)C[C@]3(C)C2(C(=O)COC(=O)CNC(=O)CCCCCO[N+](=O)[O-])O1. The quantitative estimate of drug-likeness (QED) is 0.122. The number of esters is 1. The van der Waals surface area contributed by atoms with Crippen molar-refractivity contribution < 1.29 is 48.4 Å². The average molecular weight is 647 g/mol. The van der Waals surface area contributed by atoms with Gasteiger partial charge in [0.25, 0.3) is 5.09 Å². The van der Waals surface area contributed by atoms with E-state index in [0.29, 0.717) is 38.5 Å². The van der Waals surface area contributed by atoms with Crippen molar-refractivity contribution in [2.24, 2.45) is 28.6 Å². The molecule has 0 aromatic heterocycles. The lowest BCUT2D eigenvalue weighted by Gasteiger charge is -2.59. The minimum Gasteiger partial charge on any atom is -0.456 e. The maximum absolute atomic E-state index is 14.2. The van der Waals surface area contributed by atoms with Gasteiger partial charge in [-0.25, -0.2) is 0 Å². The van der Waals surface area contributed by atoms with E-state index in [2.05, 4.69) is 17.1 Å². The lowest BCUT2D eigenvalue weighted by molar-refractivity contribution is -0.757. The first-order chi connectivity index (χ1) is 21.9. The summed E-state index contributed by atoms with van der Waals surface area (Å²) in [4.78, 5) is 65.5. The van der Waals surface area contributed by atoms with Gasteiger partial charge in [-0.3, -0.25) is 19.2 Å². The second kappa shape index (κ2) is 13.5. The molecule has 5 aliphatic rings. The molecule has 0 aromatic rings. The minimum atomic E-state index is -1.40. The van der Waals surface area contributed by atoms with Crippen molar-refractivity contribution in [2.45, 2.75) is 109 Å². The molecule has 9 atom stereocenters. The molecule has 1 saturated heterocycles. The summed E-state index contributed by atoms with van der Waals surface area (Å²) < 4.78 is 18.3. The Morgan fingerprint density at radius 2 is 2.00 bits per heavy atom. The molecular formula is C33H46N2O11. The van der Waals surface area contributed by atoms with E-state index < -0.39 is 64.9 Å². The fourth-order valence-electron chi connectivity index (χ4n) is 9.27. The number of Topliss-reactive ketones (excluding diaryl/α,β-unsaturated/α-hetero) is 1. The van der Waals surface area contributed by atoms with Crippen molar-refractivity contribution in [2.75, 3.05) is 19.8 Å². The predicted molar refractivity (Wildman–Crippen MR) is 161 cm³/mol. The van der Waals surface area contributed by atoms with E-state index in [4.69, 9.17) is 14.2 Å². The van der Waals surface area contributed by atoms with Gasteiger partial charge in [-0.05, 0) is 68.9 Å². The highest BCUT2D eigenvalue weighted by Gasteiger charge is 2.75. The van der Waals surface area contributed by atoms with Gasteiger partial charge < -0.3 is 29.5 Å². The highest BCUT2D eigenvalue weighted by atomic mass is 16.9. The lowest BCUT2D eigenvalue weighted by atomic mass is 9.46. The van der Waals surface area contributed by atoms with Crippen LogP contribution in [0, 0.1) is 38.7 Å². The molecule has 2 N–H and O–H groups in total. The minimum absolute atomic E-state index is 0.00271. The third-order valence-corrected chi connectivity index (χ3v) is 11.3. The Kier molecular flexibility index (Phi) is 10.0. The van der Waals surface area contributed by atoms with Gasteiger partial charge in [0.2, 0.25) is 11.7 Å². The molecule has 2 unspecified atom stereocenters. The van der Waals surface area contributed by atoms with Gasteiger partial charge in [0.05, 0.1) is 18.8 Å². The molecule has 0 bridgehead atoms. The van der Waals surface area contributed by atoms with Crippen molar-refractivity contribution in [1.82, 2.24) is 5.32 Å². The fourth-order valence-corrected chi connectivity index (χ4v) is 9.27. The molecule has 0 radical (unpaired) electrons. The first kappa shape index (κ1) is 34.2. The van der Waals surface area contributed by atoms with Gasteiger partial charge in [0.15, 0.2) is 24.3 Å². The van der Waals surface area contributed by atoms with E-state index in [9.17, 15) is 34.4 Å². The van der Waals surface area contributed by atoms with Crippen LogP contribution in [0.25, 0.3) is 0 Å². The number of rotatable bonds is 14. The number of ketones is 2. The monoisotopic (exact) mass is 646 g/mol. The van der Waals surface area contributed by atoms with Crippen LogP contribution in [-0.4, -0.2) is 77.5 Å². The van der Waals surface area contributed by atoms with E-state index in [1.165, 1.54) is 0 Å². The second-order valence-corrected chi connectivity index (χ2v) is 13.9. The first-order valence-corrected chi connectivity index (χ1v) is 16.5. The number of unbranched alkanes of at least 4 members (excludes halogenated alkanes) is 2. The molecule has 1 amide bonds. The van der Waals surface area contributed by atoms with Crippen LogP contribution in [0.1, 0.15) is 85.0 Å². The Labute approximate surface area is 268 Å². The molecule has 13 heteroatoms. The third-order valence-electron chi connectivity index (χ3n) is 11.3. The molecule has 1 aliphatic heterocycles. The molecule has 46 heavy (non-hydrogen) atoms. The van der Waals surface area contributed by atoms with Crippen LogP contribution in [0.5, 0.6) is 0 Å². The molecule has 13 nitrogen and oxygen atoms in total. The number of nitrogens with zero attached hydrogens (tertiary/aromatic N) is 1. The standard InChI is InChI=1S/C33H46N2O11/c1-4-8-29-45-26-16-23-22-11-10-20-15-21(36)12-13-31(20,2)30(22)24(37)17-32(23,3)33(26,46-29)25(38)19-43-28(40)18-34-27(39)9-6-5-7-14-44-35(41)42/h12-13,15,22-24,26,29-30,37H,4-11,14,16-19H2,1-3H3,(H,34,39)/t22-,23-,24-,26+,29?,30+,31-,32-,33?/m0/s1. The van der Waals surface area contributed by atoms with Gasteiger partial charge >= 0.3 is 5.97 Å². The fraction of sp³-hybridized carbons (Fsp3) is 0.758. The zero-order valence-electron chi connectivity index (χ0n) is 26.9. The molecular weight excluding hydrogens is 600 g/mol. The van der Waals surface area contributed by atoms with Gasteiger partial charge in [-0.1, -0.05) is 45.3 Å². The van der Waals surface area contributed by atoms with Gasteiger partial charge in [-0.2, -0.15) is 0 Å². The highest BCUT2D eigenvalue weighted by molar-refractivity contribution is 6.01. The Morgan fingerprint density at radius 1 is 1.22 bits per heavy atom. The summed E-state index contributed by atoms with van der Waals surface area (Å²) in [5.74, 6) is -1.63. The number of hydrogen-bond donors (Lipinski definition) is 2. The zero-order chi connectivity index (χ0) is 33.3. The van der Waals surface area contributed by atoms with E-state index in [1.807, 2.05) is 19.9 Å². The number of amides is 1. The van der Waals surface area contributed by atoms with E-state index in [1.54, 1.807) is 12.2 Å². The normalized spacial score (nSPS) is 37.3. The van der Waals surface area contributed by atoms with Crippen LogP contribution in [-0.2, 0) is 38.2 Å². The molecule has 3 saturated carbocycles. The first-order valence-electron chi connectivity index (χ1n) is 16.5. The van der Waals surface area contributed by atoms with Crippen LogP contribution in [0.2, 0.25) is 0 Å². The molecule has 5 rings (SSSR count). The van der Waals surface area contributed by atoms with Gasteiger partial charge in [-0.15, -0.1) is 10.1 Å². The Balaban J connectivity index is 1.24. The zero-order valence-corrected chi connectivity index (χ0v) is 26.9. The van der Waals surface area contributed by atoms with E-state index in [-0.39, 0.29) is 42.5 Å². The van der Waals surface area contributed by atoms with Crippen LogP contribution in [0.3, 0.4) is 0 Å². The van der Waals surface area contributed by atoms with E-state index in [0.717, 1.165) is 24.8 Å². The van der Waals surface area contributed by atoms with Crippen LogP contribution in [0.15, 0.2) is 23.8 Å². The smallest absolute Gasteiger partial charge is 0.325 e. The summed E-state index contributed by atoms with van der Waals surface area (Å²) in [5, 5.41) is 23.6. The number of allylic oxidation sites excluding steroid dienone is 4. The average Bonchev–Trinajstić information content (AvgIpc) is 3.48. The number of carbonyl (C=O) groups excluding carboxylic acids is 4. The summed E-state index contributed by atoms with van der Waals surface area (Å²) in [7, 11) is 0. The molecule has 4 fully saturated rings. The van der Waals surface area contributed by atoms with Crippen molar-refractivity contribution in [3.8, 4) is 0 Å². The summed E-state index contributed by atoms with van der Waals surface area (Å²) in [6, 6.07) is 0. The maximum atomic E-state index is 14.2. The Bertz CT molecular complexity index is 1300. The molecule has 254 valence electrons. The topological polar surface area (TPSA) is 181 Å².